The molecule has 2 aromatic carbocycles. The van der Waals surface area contributed by atoms with Gasteiger partial charge < -0.3 is 20.3 Å². The van der Waals surface area contributed by atoms with E-state index >= 15 is 0 Å². The fourth-order valence-corrected chi connectivity index (χ4v) is 2.18. The first kappa shape index (κ1) is 21.7. The number of aliphatic hydroxyl groups is 2. The van der Waals surface area contributed by atoms with Gasteiger partial charge in [0.15, 0.2) is 0 Å². The second kappa shape index (κ2) is 8.19. The summed E-state index contributed by atoms with van der Waals surface area (Å²) in [5.74, 6) is -1.20. The number of carbonyl (C=O) groups is 1. The van der Waals surface area contributed by atoms with Crippen molar-refractivity contribution in [3.63, 3.8) is 0 Å². The third-order valence-electron chi connectivity index (χ3n) is 3.87. The SMILES string of the molecule is C[C@@](O)(C(=O)Nc1ccc(C#N)c(C(F)(F)F)c1)C(O)Oc1ccc(C#N)cc1. The number of benzene rings is 2. The molecule has 7 nitrogen and oxygen atoms in total. The van der Waals surface area contributed by atoms with Crippen LogP contribution in [0.5, 0.6) is 5.75 Å². The van der Waals surface area contributed by atoms with E-state index in [-0.39, 0.29) is 11.4 Å². The average molecular weight is 405 g/mol. The fourth-order valence-electron chi connectivity index (χ4n) is 2.18. The van der Waals surface area contributed by atoms with E-state index in [1.54, 1.807) is 0 Å². The molecule has 2 rings (SSSR count). The van der Waals surface area contributed by atoms with Gasteiger partial charge in [0, 0.05) is 5.69 Å². The Bertz CT molecular complexity index is 990. The van der Waals surface area contributed by atoms with Crippen molar-refractivity contribution < 1.29 is 32.9 Å². The van der Waals surface area contributed by atoms with Crippen molar-refractivity contribution in [3.8, 4) is 17.9 Å². The highest BCUT2D eigenvalue weighted by molar-refractivity contribution is 5.97. The molecule has 2 aromatic rings. The quantitative estimate of drug-likeness (QED) is 0.656. The van der Waals surface area contributed by atoms with Crippen LogP contribution in [0.15, 0.2) is 42.5 Å². The molecule has 150 valence electrons. The zero-order chi connectivity index (χ0) is 21.8. The van der Waals surface area contributed by atoms with Gasteiger partial charge in [-0.15, -0.1) is 0 Å². The number of hydrogen-bond acceptors (Lipinski definition) is 6. The summed E-state index contributed by atoms with van der Waals surface area (Å²) in [7, 11) is 0. The van der Waals surface area contributed by atoms with E-state index in [4.69, 9.17) is 15.3 Å². The number of amides is 1. The lowest BCUT2D eigenvalue weighted by Crippen LogP contribution is -2.52. The molecule has 0 radical (unpaired) electrons. The van der Waals surface area contributed by atoms with Crippen molar-refractivity contribution in [3.05, 3.63) is 59.2 Å². The van der Waals surface area contributed by atoms with E-state index in [0.717, 1.165) is 19.1 Å². The zero-order valence-electron chi connectivity index (χ0n) is 14.9. The molecule has 0 aromatic heterocycles. The van der Waals surface area contributed by atoms with Gasteiger partial charge in [0.05, 0.1) is 28.8 Å². The molecule has 0 heterocycles. The summed E-state index contributed by atoms with van der Waals surface area (Å²) in [5, 5.41) is 39.9. The predicted octanol–water partition coefficient (Wildman–Crippen LogP) is 2.54. The first-order valence-corrected chi connectivity index (χ1v) is 7.99. The maximum absolute atomic E-state index is 13.0. The number of anilines is 1. The summed E-state index contributed by atoms with van der Waals surface area (Å²) in [6, 6.07) is 11.2. The van der Waals surface area contributed by atoms with Gasteiger partial charge in [-0.05, 0) is 49.4 Å². The molecule has 0 saturated heterocycles. The summed E-state index contributed by atoms with van der Waals surface area (Å²) in [5.41, 5.74) is -4.46. The molecule has 0 bridgehead atoms. The number of hydrogen-bond donors (Lipinski definition) is 3. The largest absolute Gasteiger partial charge is 0.461 e. The molecule has 0 aliphatic carbocycles. The second-order valence-corrected chi connectivity index (χ2v) is 6.08. The summed E-state index contributed by atoms with van der Waals surface area (Å²) >= 11 is 0. The van der Waals surface area contributed by atoms with E-state index in [1.807, 2.05) is 11.4 Å². The van der Waals surface area contributed by atoms with Crippen LogP contribution in [0.4, 0.5) is 18.9 Å². The monoisotopic (exact) mass is 405 g/mol. The molecule has 0 fully saturated rings. The highest BCUT2D eigenvalue weighted by atomic mass is 19.4. The third kappa shape index (κ3) is 5.02. The Labute approximate surface area is 163 Å². The van der Waals surface area contributed by atoms with E-state index in [2.05, 4.69) is 0 Å². The Morgan fingerprint density at radius 2 is 1.76 bits per heavy atom. The van der Waals surface area contributed by atoms with Gasteiger partial charge in [-0.25, -0.2) is 0 Å². The van der Waals surface area contributed by atoms with Crippen LogP contribution in [0.25, 0.3) is 0 Å². The van der Waals surface area contributed by atoms with Crippen molar-refractivity contribution >= 4 is 11.6 Å². The normalized spacial score (nSPS) is 14.1. The molecule has 2 atom stereocenters. The summed E-state index contributed by atoms with van der Waals surface area (Å²) in [4.78, 5) is 12.3. The van der Waals surface area contributed by atoms with Crippen LogP contribution in [-0.4, -0.2) is 28.0 Å². The third-order valence-corrected chi connectivity index (χ3v) is 3.87. The lowest BCUT2D eigenvalue weighted by molar-refractivity contribution is -0.174. The van der Waals surface area contributed by atoms with Crippen LogP contribution in [-0.2, 0) is 11.0 Å². The molecule has 1 amide bonds. The van der Waals surface area contributed by atoms with Crippen molar-refractivity contribution in [2.24, 2.45) is 0 Å². The standard InChI is InChI=1S/C19H14F3N3O4/c1-18(28,17(27)29-14-6-2-11(9-23)3-7-14)16(26)25-13-5-4-12(10-24)15(8-13)19(20,21)22/h2-8,17,27-28H,1H3,(H,25,26)/t17?,18-/m1/s1. The van der Waals surface area contributed by atoms with Crippen LogP contribution >= 0.6 is 0 Å². The Morgan fingerprint density at radius 1 is 1.14 bits per heavy atom. The van der Waals surface area contributed by atoms with Crippen LogP contribution in [0.1, 0.15) is 23.6 Å². The number of nitrogens with one attached hydrogen (secondary N) is 1. The molecular weight excluding hydrogens is 391 g/mol. The number of nitrogens with zero attached hydrogens (tertiary/aromatic N) is 2. The molecule has 29 heavy (non-hydrogen) atoms. The van der Waals surface area contributed by atoms with Gasteiger partial charge in [-0.1, -0.05) is 0 Å². The average Bonchev–Trinajstić information content (AvgIpc) is 2.67. The number of aliphatic hydroxyl groups excluding tert-OH is 1. The first-order chi connectivity index (χ1) is 13.5. The van der Waals surface area contributed by atoms with Gasteiger partial charge in [0.2, 0.25) is 11.9 Å². The molecule has 0 saturated carbocycles. The summed E-state index contributed by atoms with van der Waals surface area (Å²) < 4.78 is 44.1. The van der Waals surface area contributed by atoms with Crippen LogP contribution in [0.2, 0.25) is 0 Å². The molecule has 10 heteroatoms. The first-order valence-electron chi connectivity index (χ1n) is 7.99. The smallest absolute Gasteiger partial charge is 0.417 e. The van der Waals surface area contributed by atoms with E-state index in [1.165, 1.54) is 30.3 Å². The molecule has 0 spiro atoms. The molecule has 0 aliphatic rings. The van der Waals surface area contributed by atoms with Crippen molar-refractivity contribution in [1.29, 1.82) is 10.5 Å². The van der Waals surface area contributed by atoms with E-state index in [9.17, 15) is 28.2 Å². The van der Waals surface area contributed by atoms with E-state index in [0.29, 0.717) is 11.6 Å². The lowest BCUT2D eigenvalue weighted by atomic mass is 10.0. The Balaban J connectivity index is 2.18. The molecular formula is C19H14F3N3O4. The second-order valence-electron chi connectivity index (χ2n) is 6.08. The Hall–Kier alpha value is -3.60. The van der Waals surface area contributed by atoms with E-state index < -0.39 is 35.1 Å². The van der Waals surface area contributed by atoms with Crippen LogP contribution in [0.3, 0.4) is 0 Å². The van der Waals surface area contributed by atoms with Crippen molar-refractivity contribution in [1.82, 2.24) is 0 Å². The number of carbonyl (C=O) groups excluding carboxylic acids is 1. The minimum absolute atomic E-state index is 0.0438. The summed E-state index contributed by atoms with van der Waals surface area (Å²) in [6.45, 7) is 0.908. The maximum Gasteiger partial charge on any atom is 0.417 e. The minimum atomic E-state index is -4.83. The minimum Gasteiger partial charge on any atom is -0.461 e. The maximum atomic E-state index is 13.0. The molecule has 3 N–H and O–H groups in total. The van der Waals surface area contributed by atoms with Crippen LogP contribution in [0, 0.1) is 22.7 Å². The predicted molar refractivity (Wildman–Crippen MR) is 93.2 cm³/mol. The zero-order valence-corrected chi connectivity index (χ0v) is 14.9. The Morgan fingerprint density at radius 3 is 2.28 bits per heavy atom. The number of rotatable bonds is 5. The fraction of sp³-hybridized carbons (Fsp3) is 0.211. The Kier molecular flexibility index (Phi) is 6.12. The van der Waals surface area contributed by atoms with Crippen molar-refractivity contribution in [2.75, 3.05) is 5.32 Å². The van der Waals surface area contributed by atoms with Gasteiger partial charge in [0.1, 0.15) is 5.75 Å². The number of halogens is 3. The number of ether oxygens (including phenoxy) is 1. The lowest BCUT2D eigenvalue weighted by Gasteiger charge is -2.28. The summed E-state index contributed by atoms with van der Waals surface area (Å²) in [6.07, 6.45) is -6.90. The molecule has 1 unspecified atom stereocenters. The van der Waals surface area contributed by atoms with Gasteiger partial charge in [0.25, 0.3) is 5.91 Å². The highest BCUT2D eigenvalue weighted by Crippen LogP contribution is 2.33. The van der Waals surface area contributed by atoms with Crippen LogP contribution < -0.4 is 10.1 Å². The van der Waals surface area contributed by atoms with Gasteiger partial charge >= 0.3 is 6.18 Å². The molecule has 0 aliphatic heterocycles. The van der Waals surface area contributed by atoms with Gasteiger partial charge in [-0.2, -0.15) is 23.7 Å². The number of nitriles is 2. The topological polar surface area (TPSA) is 126 Å². The van der Waals surface area contributed by atoms with Gasteiger partial charge in [-0.3, -0.25) is 4.79 Å². The number of alkyl halides is 3. The highest BCUT2D eigenvalue weighted by Gasteiger charge is 2.41. The van der Waals surface area contributed by atoms with Crippen molar-refractivity contribution in [2.45, 2.75) is 25.0 Å².